The number of carbonyl (C=O) groups excluding carboxylic acids is 2. The Morgan fingerprint density at radius 1 is 1.05 bits per heavy atom. The van der Waals surface area contributed by atoms with Crippen LogP contribution in [-0.2, 0) is 14.3 Å². The lowest BCUT2D eigenvalue weighted by atomic mass is 10.0. The maximum atomic E-state index is 13.7. The molecule has 0 amide bonds. The van der Waals surface area contributed by atoms with Crippen molar-refractivity contribution >= 4 is 35.4 Å². The fraction of sp³-hybridized carbons (Fsp3) is 0.241. The smallest absolute Gasteiger partial charge is 0.338 e. The largest absolute Gasteiger partial charge is 0.490 e. The molecule has 0 radical (unpaired) electrons. The molecule has 4 rings (SSSR count). The van der Waals surface area contributed by atoms with Crippen molar-refractivity contribution in [2.75, 3.05) is 13.2 Å². The molecule has 1 aromatic heterocycles. The minimum Gasteiger partial charge on any atom is -0.490 e. The second-order valence-corrected chi connectivity index (χ2v) is 9.36. The van der Waals surface area contributed by atoms with E-state index in [9.17, 15) is 14.4 Å². The van der Waals surface area contributed by atoms with Crippen LogP contribution in [0.3, 0.4) is 0 Å². The molecule has 2 heterocycles. The lowest BCUT2D eigenvalue weighted by Crippen LogP contribution is -2.38. The molecule has 0 fully saturated rings. The predicted molar refractivity (Wildman–Crippen MR) is 146 cm³/mol. The van der Waals surface area contributed by atoms with Crippen molar-refractivity contribution in [3.05, 3.63) is 96.7 Å². The van der Waals surface area contributed by atoms with Crippen LogP contribution in [0.4, 0.5) is 0 Å². The predicted octanol–water partition coefficient (Wildman–Crippen LogP) is 3.79. The van der Waals surface area contributed by atoms with Gasteiger partial charge in [-0.2, -0.15) is 0 Å². The number of allylic oxidation sites excluding steroid dienone is 2. The molecule has 0 bridgehead atoms. The topological polar surface area (TPSA) is 96.2 Å². The third kappa shape index (κ3) is 5.84. The van der Waals surface area contributed by atoms with E-state index in [4.69, 9.17) is 14.2 Å². The van der Waals surface area contributed by atoms with Gasteiger partial charge in [-0.25, -0.2) is 9.79 Å². The molecule has 8 nitrogen and oxygen atoms in total. The lowest BCUT2D eigenvalue weighted by molar-refractivity contribution is -0.139. The van der Waals surface area contributed by atoms with Crippen molar-refractivity contribution < 1.29 is 23.8 Å². The van der Waals surface area contributed by atoms with Crippen LogP contribution in [0.2, 0.25) is 0 Å². The van der Waals surface area contributed by atoms with Crippen LogP contribution < -0.4 is 24.4 Å². The van der Waals surface area contributed by atoms with E-state index < -0.39 is 18.0 Å². The van der Waals surface area contributed by atoms with Crippen molar-refractivity contribution in [1.29, 1.82) is 0 Å². The van der Waals surface area contributed by atoms with Crippen molar-refractivity contribution in [2.45, 2.75) is 33.7 Å². The Morgan fingerprint density at radius 2 is 1.82 bits per heavy atom. The van der Waals surface area contributed by atoms with Gasteiger partial charge in [0.2, 0.25) is 0 Å². The lowest BCUT2D eigenvalue weighted by Gasteiger charge is -2.21. The summed E-state index contributed by atoms with van der Waals surface area (Å²) in [5.74, 6) is -0.261. The fourth-order valence-electron chi connectivity index (χ4n) is 4.06. The van der Waals surface area contributed by atoms with E-state index >= 15 is 0 Å². The Bertz CT molecular complexity index is 1600. The number of benzene rings is 2. The second-order valence-electron chi connectivity index (χ2n) is 8.35. The third-order valence-electron chi connectivity index (χ3n) is 5.65. The number of rotatable bonds is 8. The molecule has 0 N–H and O–H groups in total. The van der Waals surface area contributed by atoms with Gasteiger partial charge < -0.3 is 14.2 Å². The maximum absolute atomic E-state index is 13.7. The molecule has 0 spiro atoms. The van der Waals surface area contributed by atoms with E-state index in [0.29, 0.717) is 44.3 Å². The Labute approximate surface area is 223 Å². The minimum atomic E-state index is -0.682. The van der Waals surface area contributed by atoms with Gasteiger partial charge in [-0.15, -0.1) is 0 Å². The van der Waals surface area contributed by atoms with Crippen molar-refractivity contribution in [2.24, 2.45) is 4.99 Å². The number of carbonyl (C=O) groups is 2. The zero-order chi connectivity index (χ0) is 27.2. The Balaban J connectivity index is 1.83. The summed E-state index contributed by atoms with van der Waals surface area (Å²) >= 11 is 1.23. The summed E-state index contributed by atoms with van der Waals surface area (Å²) in [4.78, 5) is 43.1. The summed E-state index contributed by atoms with van der Waals surface area (Å²) in [6.07, 6.45) is 5.43. The van der Waals surface area contributed by atoms with Crippen molar-refractivity contribution in [3.63, 3.8) is 0 Å². The SMILES string of the molecule is CCOC(=O)C1=C(C)N=c2s/c(=C\c3ccc(OC(C)=O)c(OCC)c3)c(=O)n2[C@@H]1/C=C/c1ccccc1. The summed E-state index contributed by atoms with van der Waals surface area (Å²) in [7, 11) is 0. The summed E-state index contributed by atoms with van der Waals surface area (Å²) in [5, 5.41) is 0. The quantitative estimate of drug-likeness (QED) is 0.324. The molecule has 196 valence electrons. The molecule has 1 aliphatic rings. The highest BCUT2D eigenvalue weighted by molar-refractivity contribution is 7.07. The van der Waals surface area contributed by atoms with E-state index in [0.717, 1.165) is 5.56 Å². The Hall–Kier alpha value is -4.24. The molecule has 38 heavy (non-hydrogen) atoms. The fourth-order valence-corrected chi connectivity index (χ4v) is 5.11. The molecule has 9 heteroatoms. The van der Waals surface area contributed by atoms with Crippen LogP contribution >= 0.6 is 11.3 Å². The highest BCUT2D eigenvalue weighted by Gasteiger charge is 2.30. The first kappa shape index (κ1) is 26.8. The van der Waals surface area contributed by atoms with Crippen molar-refractivity contribution in [1.82, 2.24) is 4.57 Å². The average Bonchev–Trinajstić information content (AvgIpc) is 3.18. The van der Waals surface area contributed by atoms with Crippen LogP contribution in [0.5, 0.6) is 11.5 Å². The standard InChI is InChI=1S/C29H28N2O6S/c1-5-35-24-16-21(13-15-23(24)37-19(4)32)17-25-27(33)31-22(14-12-20-10-8-7-9-11-20)26(28(34)36-6-2)18(3)30-29(31)38-25/h7-17,22H,5-6H2,1-4H3/b14-12+,25-17-/t22-/m1/s1. The number of hydrogen-bond acceptors (Lipinski definition) is 8. The number of aromatic nitrogens is 1. The maximum Gasteiger partial charge on any atom is 0.338 e. The molecular weight excluding hydrogens is 504 g/mol. The van der Waals surface area contributed by atoms with Crippen molar-refractivity contribution in [3.8, 4) is 11.5 Å². The summed E-state index contributed by atoms with van der Waals surface area (Å²) < 4.78 is 18.1. The molecule has 0 unspecified atom stereocenters. The molecule has 1 aliphatic heterocycles. The normalized spacial score (nSPS) is 15.3. The van der Waals surface area contributed by atoms with Gasteiger partial charge in [0, 0.05) is 6.92 Å². The molecule has 3 aromatic rings. The number of thiazole rings is 1. The number of nitrogens with zero attached hydrogens (tertiary/aromatic N) is 2. The van der Waals surface area contributed by atoms with Gasteiger partial charge in [0.05, 0.1) is 35.1 Å². The van der Waals surface area contributed by atoms with Crippen LogP contribution in [0, 0.1) is 0 Å². The van der Waals surface area contributed by atoms with Crippen LogP contribution in [0.1, 0.15) is 44.9 Å². The summed E-state index contributed by atoms with van der Waals surface area (Å²) in [6.45, 7) is 7.22. The molecule has 1 atom stereocenters. The van der Waals surface area contributed by atoms with Gasteiger partial charge in [-0.3, -0.25) is 14.2 Å². The Kier molecular flexibility index (Phi) is 8.38. The van der Waals surface area contributed by atoms with Crippen LogP contribution in [0.15, 0.2) is 75.7 Å². The number of esters is 2. The number of ether oxygens (including phenoxy) is 3. The Morgan fingerprint density at radius 3 is 2.50 bits per heavy atom. The first-order chi connectivity index (χ1) is 18.3. The minimum absolute atomic E-state index is 0.209. The number of fused-ring (bicyclic) bond motifs is 1. The molecule has 0 aliphatic carbocycles. The summed E-state index contributed by atoms with van der Waals surface area (Å²) in [5.41, 5.74) is 2.16. The van der Waals surface area contributed by atoms with E-state index in [2.05, 4.69) is 4.99 Å². The van der Waals surface area contributed by atoms with Gasteiger partial charge in [0.25, 0.3) is 5.56 Å². The molecular formula is C29H28N2O6S. The van der Waals surface area contributed by atoms with E-state index in [1.165, 1.54) is 22.8 Å². The van der Waals surface area contributed by atoms with Gasteiger partial charge >= 0.3 is 11.9 Å². The van der Waals surface area contributed by atoms with E-state index in [-0.39, 0.29) is 12.2 Å². The molecule has 2 aromatic carbocycles. The molecule has 0 saturated heterocycles. The first-order valence-corrected chi connectivity index (χ1v) is 13.0. The number of hydrogen-bond donors (Lipinski definition) is 0. The zero-order valence-electron chi connectivity index (χ0n) is 21.6. The van der Waals surface area contributed by atoms with Gasteiger partial charge in [0.15, 0.2) is 16.3 Å². The van der Waals surface area contributed by atoms with Gasteiger partial charge in [-0.05, 0) is 50.1 Å². The van der Waals surface area contributed by atoms with Gasteiger partial charge in [0.1, 0.15) is 0 Å². The summed E-state index contributed by atoms with van der Waals surface area (Å²) in [6, 6.07) is 14.0. The van der Waals surface area contributed by atoms with Gasteiger partial charge in [-0.1, -0.05) is 59.9 Å². The average molecular weight is 533 g/mol. The van der Waals surface area contributed by atoms with Crippen LogP contribution in [-0.4, -0.2) is 29.7 Å². The van der Waals surface area contributed by atoms with E-state index in [1.54, 1.807) is 38.1 Å². The second kappa shape index (κ2) is 11.9. The van der Waals surface area contributed by atoms with E-state index in [1.807, 2.05) is 49.4 Å². The van der Waals surface area contributed by atoms with Crippen LogP contribution in [0.25, 0.3) is 12.2 Å². The molecule has 0 saturated carbocycles. The zero-order valence-corrected chi connectivity index (χ0v) is 22.4. The monoisotopic (exact) mass is 532 g/mol. The highest BCUT2D eigenvalue weighted by Crippen LogP contribution is 2.29. The first-order valence-electron chi connectivity index (χ1n) is 12.2. The highest BCUT2D eigenvalue weighted by atomic mass is 32.1. The third-order valence-corrected chi connectivity index (χ3v) is 6.63.